The standard InChI is InChI=1S/C14H13FN2O4S/c15-10-3-1-2-9-12(18)8-11(16-13(9)10)14(19)17-4-6-22(20,21)7-5-17/h1-3,8H,4-7H2,(H,16,18). The maximum Gasteiger partial charge on any atom is 0.270 e. The van der Waals surface area contributed by atoms with Gasteiger partial charge in [-0.05, 0) is 12.1 Å². The van der Waals surface area contributed by atoms with Gasteiger partial charge in [-0.1, -0.05) is 6.07 Å². The molecule has 0 aliphatic carbocycles. The van der Waals surface area contributed by atoms with Gasteiger partial charge >= 0.3 is 0 Å². The van der Waals surface area contributed by atoms with E-state index in [1.807, 2.05) is 0 Å². The summed E-state index contributed by atoms with van der Waals surface area (Å²) >= 11 is 0. The molecule has 0 saturated carbocycles. The van der Waals surface area contributed by atoms with Crippen molar-refractivity contribution in [1.82, 2.24) is 9.88 Å². The number of aromatic amines is 1. The van der Waals surface area contributed by atoms with Gasteiger partial charge in [-0.3, -0.25) is 9.59 Å². The zero-order chi connectivity index (χ0) is 15.9. The first-order chi connectivity index (χ1) is 10.4. The van der Waals surface area contributed by atoms with Crippen molar-refractivity contribution in [2.75, 3.05) is 24.6 Å². The minimum absolute atomic E-state index is 0.0250. The number of rotatable bonds is 1. The van der Waals surface area contributed by atoms with Crippen molar-refractivity contribution in [3.8, 4) is 0 Å². The number of hydrogen-bond acceptors (Lipinski definition) is 4. The molecular weight excluding hydrogens is 311 g/mol. The number of amides is 1. The summed E-state index contributed by atoms with van der Waals surface area (Å²) in [6, 6.07) is 5.20. The molecule has 1 aromatic carbocycles. The smallest absolute Gasteiger partial charge is 0.270 e. The highest BCUT2D eigenvalue weighted by atomic mass is 32.2. The van der Waals surface area contributed by atoms with Crippen LogP contribution in [0.15, 0.2) is 29.1 Å². The molecule has 2 aromatic rings. The fraction of sp³-hybridized carbons (Fsp3) is 0.286. The number of carbonyl (C=O) groups excluding carboxylic acids is 1. The van der Waals surface area contributed by atoms with Crippen LogP contribution < -0.4 is 5.43 Å². The van der Waals surface area contributed by atoms with Crippen LogP contribution in [0, 0.1) is 5.82 Å². The zero-order valence-electron chi connectivity index (χ0n) is 11.5. The molecule has 22 heavy (non-hydrogen) atoms. The predicted molar refractivity (Wildman–Crippen MR) is 79.1 cm³/mol. The van der Waals surface area contributed by atoms with Crippen LogP contribution in [-0.2, 0) is 9.84 Å². The van der Waals surface area contributed by atoms with Crippen LogP contribution in [0.25, 0.3) is 10.9 Å². The summed E-state index contributed by atoms with van der Waals surface area (Å²) in [6.45, 7) is 0.136. The minimum atomic E-state index is -3.11. The molecule has 1 amide bonds. The number of halogens is 1. The topological polar surface area (TPSA) is 87.3 Å². The van der Waals surface area contributed by atoms with Crippen LogP contribution in [0.4, 0.5) is 4.39 Å². The molecule has 0 bridgehead atoms. The molecule has 1 fully saturated rings. The van der Waals surface area contributed by atoms with E-state index in [2.05, 4.69) is 4.98 Å². The molecule has 1 aliphatic heterocycles. The van der Waals surface area contributed by atoms with Crippen molar-refractivity contribution < 1.29 is 17.6 Å². The minimum Gasteiger partial charge on any atom is -0.348 e. The lowest BCUT2D eigenvalue weighted by atomic mass is 10.1. The average Bonchev–Trinajstić information content (AvgIpc) is 2.47. The molecule has 0 radical (unpaired) electrons. The summed E-state index contributed by atoms with van der Waals surface area (Å²) in [5.74, 6) is -1.34. The highest BCUT2D eigenvalue weighted by Crippen LogP contribution is 2.14. The number of pyridine rings is 1. The van der Waals surface area contributed by atoms with Crippen molar-refractivity contribution in [3.63, 3.8) is 0 Å². The van der Waals surface area contributed by atoms with Crippen LogP contribution in [-0.4, -0.2) is 48.8 Å². The highest BCUT2D eigenvalue weighted by molar-refractivity contribution is 7.91. The van der Waals surface area contributed by atoms with Gasteiger partial charge in [0.1, 0.15) is 11.5 Å². The number of nitrogens with zero attached hydrogens (tertiary/aromatic N) is 1. The van der Waals surface area contributed by atoms with Gasteiger partial charge in [0.15, 0.2) is 15.3 Å². The van der Waals surface area contributed by atoms with E-state index >= 15 is 0 Å². The fourth-order valence-corrected chi connectivity index (χ4v) is 3.64. The third kappa shape index (κ3) is 2.61. The van der Waals surface area contributed by atoms with Gasteiger partial charge in [-0.2, -0.15) is 0 Å². The SMILES string of the molecule is O=C(c1cc(=O)c2cccc(F)c2[nH]1)N1CCS(=O)(=O)CC1. The van der Waals surface area contributed by atoms with E-state index in [0.29, 0.717) is 0 Å². The summed E-state index contributed by atoms with van der Waals surface area (Å²) in [4.78, 5) is 28.3. The van der Waals surface area contributed by atoms with Gasteiger partial charge in [0.25, 0.3) is 5.91 Å². The Kier molecular flexibility index (Phi) is 3.48. The van der Waals surface area contributed by atoms with Crippen LogP contribution >= 0.6 is 0 Å². The van der Waals surface area contributed by atoms with Gasteiger partial charge < -0.3 is 9.88 Å². The first kappa shape index (κ1) is 14.7. The maximum absolute atomic E-state index is 13.8. The monoisotopic (exact) mass is 324 g/mol. The number of fused-ring (bicyclic) bond motifs is 1. The molecule has 8 heteroatoms. The summed E-state index contributed by atoms with van der Waals surface area (Å²) in [7, 11) is -3.11. The lowest BCUT2D eigenvalue weighted by Gasteiger charge is -2.26. The molecule has 6 nitrogen and oxygen atoms in total. The third-order valence-electron chi connectivity index (χ3n) is 3.68. The lowest BCUT2D eigenvalue weighted by Crippen LogP contribution is -2.44. The van der Waals surface area contributed by atoms with E-state index in [4.69, 9.17) is 0 Å². The summed E-state index contributed by atoms with van der Waals surface area (Å²) in [5.41, 5.74) is -0.522. The Labute approximate surface area is 125 Å². The average molecular weight is 324 g/mol. The number of carbonyl (C=O) groups is 1. The van der Waals surface area contributed by atoms with E-state index in [0.717, 1.165) is 6.07 Å². The Hall–Kier alpha value is -2.22. The third-order valence-corrected chi connectivity index (χ3v) is 5.29. The van der Waals surface area contributed by atoms with Gasteiger partial charge in [0.2, 0.25) is 0 Å². The molecule has 0 unspecified atom stereocenters. The Morgan fingerprint density at radius 2 is 1.91 bits per heavy atom. The van der Waals surface area contributed by atoms with Crippen LogP contribution in [0.5, 0.6) is 0 Å². The summed E-state index contributed by atoms with van der Waals surface area (Å²) < 4.78 is 36.5. The molecular formula is C14H13FN2O4S. The number of sulfone groups is 1. The van der Waals surface area contributed by atoms with E-state index in [1.165, 1.54) is 23.1 Å². The Morgan fingerprint density at radius 3 is 2.59 bits per heavy atom. The van der Waals surface area contributed by atoms with E-state index in [1.54, 1.807) is 0 Å². The molecule has 0 spiro atoms. The van der Waals surface area contributed by atoms with E-state index in [-0.39, 0.29) is 41.2 Å². The number of hydrogen-bond donors (Lipinski definition) is 1. The van der Waals surface area contributed by atoms with Crippen molar-refractivity contribution in [2.45, 2.75) is 0 Å². The zero-order valence-corrected chi connectivity index (χ0v) is 12.3. The van der Waals surface area contributed by atoms with Gasteiger partial charge in [-0.15, -0.1) is 0 Å². The first-order valence-corrected chi connectivity index (χ1v) is 8.51. The molecule has 3 rings (SSSR count). The second kappa shape index (κ2) is 5.20. The summed E-state index contributed by atoms with van der Waals surface area (Å²) in [5, 5.41) is 0.165. The van der Waals surface area contributed by atoms with Crippen LogP contribution in [0.1, 0.15) is 10.5 Å². The molecule has 2 heterocycles. The van der Waals surface area contributed by atoms with Gasteiger partial charge in [0.05, 0.1) is 17.0 Å². The van der Waals surface area contributed by atoms with Crippen molar-refractivity contribution >= 4 is 26.6 Å². The predicted octanol–water partition coefficient (Wildman–Crippen LogP) is 0.538. The number of benzene rings is 1. The normalized spacial score (nSPS) is 17.6. The van der Waals surface area contributed by atoms with Crippen molar-refractivity contribution in [1.29, 1.82) is 0 Å². The molecule has 1 aliphatic rings. The Balaban J connectivity index is 1.98. The fourth-order valence-electron chi connectivity index (χ4n) is 2.44. The van der Waals surface area contributed by atoms with Gasteiger partial charge in [0, 0.05) is 24.5 Å². The lowest BCUT2D eigenvalue weighted by molar-refractivity contribution is 0.0764. The molecule has 116 valence electrons. The quantitative estimate of drug-likeness (QED) is 0.829. The Morgan fingerprint density at radius 1 is 1.23 bits per heavy atom. The highest BCUT2D eigenvalue weighted by Gasteiger charge is 2.26. The maximum atomic E-state index is 13.8. The number of aromatic nitrogens is 1. The largest absolute Gasteiger partial charge is 0.348 e. The number of nitrogens with one attached hydrogen (secondary N) is 1. The van der Waals surface area contributed by atoms with Gasteiger partial charge in [-0.25, -0.2) is 12.8 Å². The summed E-state index contributed by atoms with van der Waals surface area (Å²) in [6.07, 6.45) is 0. The Bertz CT molecular complexity index is 906. The van der Waals surface area contributed by atoms with Crippen LogP contribution in [0.2, 0.25) is 0 Å². The molecule has 1 saturated heterocycles. The molecule has 1 N–H and O–H groups in total. The number of H-pyrrole nitrogens is 1. The number of para-hydroxylation sites is 1. The second-order valence-corrected chi connectivity index (χ2v) is 7.46. The van der Waals surface area contributed by atoms with Crippen molar-refractivity contribution in [2.24, 2.45) is 0 Å². The van der Waals surface area contributed by atoms with Crippen LogP contribution in [0.3, 0.4) is 0 Å². The van der Waals surface area contributed by atoms with E-state index < -0.39 is 27.0 Å². The van der Waals surface area contributed by atoms with Crippen molar-refractivity contribution in [3.05, 3.63) is 46.0 Å². The second-order valence-electron chi connectivity index (χ2n) is 5.15. The molecule has 0 atom stereocenters. The van der Waals surface area contributed by atoms with E-state index in [9.17, 15) is 22.4 Å². The molecule has 1 aromatic heterocycles. The first-order valence-electron chi connectivity index (χ1n) is 6.69.